The van der Waals surface area contributed by atoms with Crippen LogP contribution < -0.4 is 0 Å². The Morgan fingerprint density at radius 1 is 1.00 bits per heavy atom. The van der Waals surface area contributed by atoms with Crippen molar-refractivity contribution in [2.24, 2.45) is 0 Å². The topological polar surface area (TPSA) is 6.48 Å². The lowest BCUT2D eigenvalue weighted by Gasteiger charge is -2.31. The van der Waals surface area contributed by atoms with Gasteiger partial charge in [0.2, 0.25) is 0 Å². The number of hydrazine groups is 1. The Balaban J connectivity index is 0.000000810. The lowest BCUT2D eigenvalue weighted by molar-refractivity contribution is 0.00746. The third-order valence-electron chi connectivity index (χ3n) is 1.90. The van der Waals surface area contributed by atoms with Crippen molar-refractivity contribution < 1.29 is 0 Å². The maximum Gasteiger partial charge on any atom is 0.0133 e. The zero-order valence-corrected chi connectivity index (χ0v) is 7.65. The minimum absolute atomic E-state index is 0. The summed E-state index contributed by atoms with van der Waals surface area (Å²) in [5, 5.41) is 4.59. The molecule has 0 unspecified atom stereocenters. The smallest absolute Gasteiger partial charge is 0.0133 e. The molecule has 0 aliphatic carbocycles. The van der Waals surface area contributed by atoms with Crippen molar-refractivity contribution in [2.75, 3.05) is 27.2 Å². The van der Waals surface area contributed by atoms with Crippen molar-refractivity contribution in [2.45, 2.75) is 19.3 Å². The molecule has 2 nitrogen and oxygen atoms in total. The summed E-state index contributed by atoms with van der Waals surface area (Å²) in [4.78, 5) is 0. The first-order valence-electron chi connectivity index (χ1n) is 3.73. The van der Waals surface area contributed by atoms with Gasteiger partial charge in [0.15, 0.2) is 0 Å². The lowest BCUT2D eigenvalue weighted by atomic mass is 10.2. The molecule has 3 heteroatoms. The predicted molar refractivity (Wildman–Crippen MR) is 46.4 cm³/mol. The second-order valence-electron chi connectivity index (χ2n) is 2.86. The van der Waals surface area contributed by atoms with Crippen molar-refractivity contribution >= 4 is 12.4 Å². The van der Waals surface area contributed by atoms with E-state index in [-0.39, 0.29) is 12.4 Å². The molecule has 0 amide bonds. The molecule has 1 aliphatic heterocycles. The number of hydrogen-bond donors (Lipinski definition) is 0. The molecule has 0 saturated carbocycles. The standard InChI is InChI=1S/C7H16N2.ClH/c1-8(2)9-6-4-3-5-7-9;/h3-7H2,1-2H3;1H. The predicted octanol–water partition coefficient (Wildman–Crippen LogP) is 1.37. The van der Waals surface area contributed by atoms with Crippen molar-refractivity contribution in [3.8, 4) is 0 Å². The molecule has 0 atom stereocenters. The van der Waals surface area contributed by atoms with Gasteiger partial charge in [-0.2, -0.15) is 0 Å². The first-order chi connectivity index (χ1) is 4.30. The maximum absolute atomic E-state index is 2.39. The summed E-state index contributed by atoms with van der Waals surface area (Å²) in [6.45, 7) is 2.51. The van der Waals surface area contributed by atoms with E-state index in [1.54, 1.807) is 0 Å². The van der Waals surface area contributed by atoms with Gasteiger partial charge in [-0.25, -0.2) is 10.0 Å². The SMILES string of the molecule is CN(C)N1CCCCC1.Cl. The quantitative estimate of drug-likeness (QED) is 0.578. The lowest BCUT2D eigenvalue weighted by Crippen LogP contribution is -2.40. The zero-order valence-electron chi connectivity index (χ0n) is 6.84. The van der Waals surface area contributed by atoms with Crippen LogP contribution in [0, 0.1) is 0 Å². The number of hydrogen-bond acceptors (Lipinski definition) is 2. The van der Waals surface area contributed by atoms with E-state index in [0.717, 1.165) is 0 Å². The summed E-state index contributed by atoms with van der Waals surface area (Å²) in [5.41, 5.74) is 0. The molecule has 0 aromatic heterocycles. The summed E-state index contributed by atoms with van der Waals surface area (Å²) >= 11 is 0. The maximum atomic E-state index is 2.39. The number of halogens is 1. The summed E-state index contributed by atoms with van der Waals surface area (Å²) in [6, 6.07) is 0. The Bertz CT molecular complexity index is 79.7. The van der Waals surface area contributed by atoms with E-state index in [2.05, 4.69) is 24.1 Å². The highest BCUT2D eigenvalue weighted by Crippen LogP contribution is 2.08. The highest BCUT2D eigenvalue weighted by atomic mass is 35.5. The van der Waals surface area contributed by atoms with Crippen LogP contribution in [-0.2, 0) is 0 Å². The van der Waals surface area contributed by atoms with E-state index in [4.69, 9.17) is 0 Å². The van der Waals surface area contributed by atoms with E-state index in [1.807, 2.05) is 0 Å². The summed E-state index contributed by atoms with van der Waals surface area (Å²) in [6.07, 6.45) is 4.17. The van der Waals surface area contributed by atoms with Crippen molar-refractivity contribution in [1.29, 1.82) is 0 Å². The van der Waals surface area contributed by atoms with Crippen LogP contribution in [0.2, 0.25) is 0 Å². The number of rotatable bonds is 1. The van der Waals surface area contributed by atoms with Gasteiger partial charge in [0.25, 0.3) is 0 Å². The van der Waals surface area contributed by atoms with E-state index in [1.165, 1.54) is 32.4 Å². The second-order valence-corrected chi connectivity index (χ2v) is 2.86. The molecule has 62 valence electrons. The van der Waals surface area contributed by atoms with Gasteiger partial charge in [-0.1, -0.05) is 6.42 Å². The Hall–Kier alpha value is 0.210. The van der Waals surface area contributed by atoms with E-state index in [0.29, 0.717) is 0 Å². The molecular formula is C7H17ClN2. The van der Waals surface area contributed by atoms with Crippen molar-refractivity contribution in [3.63, 3.8) is 0 Å². The molecule has 10 heavy (non-hydrogen) atoms. The first kappa shape index (κ1) is 10.2. The van der Waals surface area contributed by atoms with Crippen LogP contribution in [0.15, 0.2) is 0 Å². The molecule has 0 bridgehead atoms. The van der Waals surface area contributed by atoms with Crippen LogP contribution in [0.5, 0.6) is 0 Å². The molecule has 0 aromatic carbocycles. The fourth-order valence-corrected chi connectivity index (χ4v) is 1.28. The van der Waals surface area contributed by atoms with Crippen LogP contribution in [0.3, 0.4) is 0 Å². The summed E-state index contributed by atoms with van der Waals surface area (Å²) in [7, 11) is 4.23. The zero-order chi connectivity index (χ0) is 6.69. The molecule has 0 aromatic rings. The van der Waals surface area contributed by atoms with Gasteiger partial charge >= 0.3 is 0 Å². The highest BCUT2D eigenvalue weighted by Gasteiger charge is 2.10. The van der Waals surface area contributed by atoms with E-state index in [9.17, 15) is 0 Å². The Labute approximate surface area is 69.6 Å². The molecule has 0 radical (unpaired) electrons. The van der Waals surface area contributed by atoms with Gasteiger partial charge in [-0.05, 0) is 12.8 Å². The van der Waals surface area contributed by atoms with Crippen molar-refractivity contribution in [3.05, 3.63) is 0 Å². The molecule has 1 heterocycles. The van der Waals surface area contributed by atoms with Crippen molar-refractivity contribution in [1.82, 2.24) is 10.0 Å². The Morgan fingerprint density at radius 3 is 1.80 bits per heavy atom. The number of piperidine rings is 1. The first-order valence-corrected chi connectivity index (χ1v) is 3.73. The molecule has 1 saturated heterocycles. The molecule has 1 rings (SSSR count). The van der Waals surface area contributed by atoms with E-state index >= 15 is 0 Å². The number of nitrogens with zero attached hydrogens (tertiary/aromatic N) is 2. The van der Waals surface area contributed by atoms with Gasteiger partial charge < -0.3 is 0 Å². The Morgan fingerprint density at radius 2 is 1.50 bits per heavy atom. The minimum atomic E-state index is 0. The Kier molecular flexibility index (Phi) is 5.04. The monoisotopic (exact) mass is 164 g/mol. The van der Waals surface area contributed by atoms with Crippen LogP contribution in [-0.4, -0.2) is 37.2 Å². The fourth-order valence-electron chi connectivity index (χ4n) is 1.28. The third-order valence-corrected chi connectivity index (χ3v) is 1.90. The van der Waals surface area contributed by atoms with Gasteiger partial charge in [-0.3, -0.25) is 0 Å². The van der Waals surface area contributed by atoms with E-state index < -0.39 is 0 Å². The van der Waals surface area contributed by atoms with Gasteiger partial charge in [0, 0.05) is 27.2 Å². The fraction of sp³-hybridized carbons (Fsp3) is 1.00. The molecule has 1 aliphatic rings. The average Bonchev–Trinajstić information content (AvgIpc) is 1.90. The van der Waals surface area contributed by atoms with Gasteiger partial charge in [0.1, 0.15) is 0 Å². The highest BCUT2D eigenvalue weighted by molar-refractivity contribution is 5.85. The third kappa shape index (κ3) is 2.86. The van der Waals surface area contributed by atoms with Crippen LogP contribution in [0.4, 0.5) is 0 Å². The van der Waals surface area contributed by atoms with Crippen LogP contribution >= 0.6 is 12.4 Å². The van der Waals surface area contributed by atoms with Crippen LogP contribution in [0.25, 0.3) is 0 Å². The molecule has 1 fully saturated rings. The summed E-state index contributed by atoms with van der Waals surface area (Å²) in [5.74, 6) is 0. The normalized spacial score (nSPS) is 20.7. The van der Waals surface area contributed by atoms with Gasteiger partial charge in [-0.15, -0.1) is 12.4 Å². The average molecular weight is 165 g/mol. The van der Waals surface area contributed by atoms with Crippen LogP contribution in [0.1, 0.15) is 19.3 Å². The molecule has 0 spiro atoms. The second kappa shape index (κ2) is 4.94. The largest absolute Gasteiger partial charge is 0.248 e. The molecular weight excluding hydrogens is 148 g/mol. The van der Waals surface area contributed by atoms with Gasteiger partial charge in [0.05, 0.1) is 0 Å². The minimum Gasteiger partial charge on any atom is -0.248 e. The summed E-state index contributed by atoms with van der Waals surface area (Å²) < 4.78 is 0. The molecule has 0 N–H and O–H groups in total.